The predicted molar refractivity (Wildman–Crippen MR) is 66.1 cm³/mol. The molecule has 0 fully saturated rings. The number of hydrogen-bond acceptors (Lipinski definition) is 3. The van der Waals surface area contributed by atoms with E-state index in [-0.39, 0.29) is 5.78 Å². The number of ketones is 1. The fraction of sp³-hybridized carbons (Fsp3) is 0.0769. The van der Waals surface area contributed by atoms with Crippen molar-refractivity contribution in [1.29, 1.82) is 0 Å². The van der Waals surface area contributed by atoms with Gasteiger partial charge in [-0.3, -0.25) is 4.79 Å². The van der Waals surface area contributed by atoms with Crippen LogP contribution in [0.25, 0.3) is 6.08 Å². The first kappa shape index (κ1) is 11.6. The Hall–Kier alpha value is -1.87. The number of aryl methyl sites for hydroxylation is 1. The van der Waals surface area contributed by atoms with Crippen molar-refractivity contribution in [3.63, 3.8) is 0 Å². The van der Waals surface area contributed by atoms with E-state index in [0.717, 1.165) is 11.3 Å². The van der Waals surface area contributed by atoms with Gasteiger partial charge in [0.1, 0.15) is 10.9 Å². The summed E-state index contributed by atoms with van der Waals surface area (Å²) < 4.78 is 5.22. The van der Waals surface area contributed by atoms with Gasteiger partial charge in [-0.05, 0) is 42.8 Å². The molecule has 0 amide bonds. The molecule has 4 heteroatoms. The van der Waals surface area contributed by atoms with Gasteiger partial charge in [0.25, 0.3) is 0 Å². The Morgan fingerprint density at radius 3 is 2.76 bits per heavy atom. The zero-order valence-corrected chi connectivity index (χ0v) is 9.94. The van der Waals surface area contributed by atoms with Crippen LogP contribution in [0.15, 0.2) is 41.0 Å². The highest BCUT2D eigenvalue weighted by molar-refractivity contribution is 6.29. The predicted octanol–water partition coefficient (Wildman–Crippen LogP) is 3.53. The van der Waals surface area contributed by atoms with E-state index < -0.39 is 0 Å². The maximum atomic E-state index is 11.7. The Morgan fingerprint density at radius 1 is 1.35 bits per heavy atom. The summed E-state index contributed by atoms with van der Waals surface area (Å²) in [5, 5.41) is 0.426. The van der Waals surface area contributed by atoms with Gasteiger partial charge in [-0.1, -0.05) is 17.7 Å². The Balaban J connectivity index is 2.10. The number of furan rings is 1. The van der Waals surface area contributed by atoms with E-state index in [1.807, 2.05) is 0 Å². The summed E-state index contributed by atoms with van der Waals surface area (Å²) in [6.07, 6.45) is 4.71. The Morgan fingerprint density at radius 2 is 2.18 bits per heavy atom. The van der Waals surface area contributed by atoms with Crippen LogP contribution >= 0.6 is 11.6 Å². The van der Waals surface area contributed by atoms with Gasteiger partial charge in [-0.15, -0.1) is 0 Å². The summed E-state index contributed by atoms with van der Waals surface area (Å²) >= 11 is 5.66. The molecule has 0 bridgehead atoms. The zero-order valence-electron chi connectivity index (χ0n) is 9.18. The first-order chi connectivity index (χ1) is 8.15. The summed E-state index contributed by atoms with van der Waals surface area (Å²) in [5.74, 6) is 0.878. The van der Waals surface area contributed by atoms with Crippen LogP contribution in [0.1, 0.15) is 21.9 Å². The van der Waals surface area contributed by atoms with Crippen LogP contribution < -0.4 is 0 Å². The lowest BCUT2D eigenvalue weighted by molar-refractivity contribution is 0.102. The molecule has 0 spiro atoms. The molecule has 2 aromatic heterocycles. The maximum Gasteiger partial charge on any atom is 0.221 e. The molecule has 0 saturated carbocycles. The minimum atomic E-state index is -0.173. The van der Waals surface area contributed by atoms with Crippen LogP contribution in [0.5, 0.6) is 0 Å². The highest BCUT2D eigenvalue weighted by Crippen LogP contribution is 2.10. The average molecular weight is 248 g/mol. The molecule has 0 aromatic carbocycles. The third-order valence-electron chi connectivity index (χ3n) is 2.16. The van der Waals surface area contributed by atoms with Gasteiger partial charge in [-0.2, -0.15) is 0 Å². The second-order valence-electron chi connectivity index (χ2n) is 3.52. The van der Waals surface area contributed by atoms with E-state index in [1.165, 1.54) is 6.08 Å². The number of nitrogens with zero attached hydrogens (tertiary/aromatic N) is 1. The summed E-state index contributed by atoms with van der Waals surface area (Å²) in [6, 6.07) is 6.86. The van der Waals surface area contributed by atoms with Gasteiger partial charge >= 0.3 is 0 Å². The van der Waals surface area contributed by atoms with Gasteiger partial charge in [0.05, 0.1) is 0 Å². The lowest BCUT2D eigenvalue weighted by Gasteiger charge is -1.92. The van der Waals surface area contributed by atoms with E-state index in [9.17, 15) is 4.79 Å². The molecule has 0 aliphatic heterocycles. The highest BCUT2D eigenvalue weighted by Gasteiger charge is 2.05. The first-order valence-electron chi connectivity index (χ1n) is 5.05. The van der Waals surface area contributed by atoms with Crippen molar-refractivity contribution in [2.24, 2.45) is 0 Å². The highest BCUT2D eigenvalue weighted by atomic mass is 35.5. The molecule has 0 unspecified atom stereocenters. The summed E-state index contributed by atoms with van der Waals surface area (Å²) in [4.78, 5) is 15.6. The molecule has 17 heavy (non-hydrogen) atoms. The number of carbonyl (C=O) groups excluding carboxylic acids is 1. The lowest BCUT2D eigenvalue weighted by Crippen LogP contribution is -1.90. The van der Waals surface area contributed by atoms with Crippen molar-refractivity contribution < 1.29 is 9.21 Å². The molecule has 0 N–H and O–H groups in total. The molecule has 0 aliphatic carbocycles. The Labute approximate surface area is 104 Å². The minimum absolute atomic E-state index is 0.173. The number of rotatable bonds is 3. The normalized spacial score (nSPS) is 10.9. The summed E-state index contributed by atoms with van der Waals surface area (Å²) in [6.45, 7) is 1.80. The second-order valence-corrected chi connectivity index (χ2v) is 3.91. The number of hydrogen-bond donors (Lipinski definition) is 0. The minimum Gasteiger partial charge on any atom is -0.458 e. The number of pyridine rings is 1. The van der Waals surface area contributed by atoms with E-state index >= 15 is 0 Å². The molecule has 86 valence electrons. The fourth-order valence-electron chi connectivity index (χ4n) is 1.31. The van der Waals surface area contributed by atoms with Crippen LogP contribution in [0, 0.1) is 6.92 Å². The van der Waals surface area contributed by atoms with Gasteiger partial charge in [-0.25, -0.2) is 4.98 Å². The van der Waals surface area contributed by atoms with Gasteiger partial charge < -0.3 is 4.42 Å². The van der Waals surface area contributed by atoms with Crippen molar-refractivity contribution in [1.82, 2.24) is 4.98 Å². The van der Waals surface area contributed by atoms with E-state index in [1.54, 1.807) is 43.5 Å². The van der Waals surface area contributed by atoms with Crippen LogP contribution in [-0.4, -0.2) is 10.8 Å². The Bertz CT molecular complexity index is 555. The number of halogens is 1. The van der Waals surface area contributed by atoms with Gasteiger partial charge in [0.15, 0.2) is 5.76 Å². The molecular weight excluding hydrogens is 238 g/mol. The standard InChI is InChI=1S/C13H10ClNO2/c1-9-2-6-12(17-9)11(16)5-3-10-4-7-13(14)15-8-10/h2-8H,1H3/b5-3+. The molecule has 0 radical (unpaired) electrons. The molecule has 0 atom stereocenters. The third kappa shape index (κ3) is 3.04. The van der Waals surface area contributed by atoms with Crippen LogP contribution in [0.4, 0.5) is 0 Å². The number of allylic oxidation sites excluding steroid dienone is 1. The van der Waals surface area contributed by atoms with Crippen molar-refractivity contribution in [3.05, 3.63) is 58.8 Å². The molecular formula is C13H10ClNO2. The summed E-state index contributed by atoms with van der Waals surface area (Å²) in [7, 11) is 0. The third-order valence-corrected chi connectivity index (χ3v) is 2.38. The number of aromatic nitrogens is 1. The molecule has 0 saturated heterocycles. The maximum absolute atomic E-state index is 11.7. The molecule has 2 rings (SSSR count). The van der Waals surface area contributed by atoms with E-state index in [4.69, 9.17) is 16.0 Å². The van der Waals surface area contributed by atoms with Crippen molar-refractivity contribution in [3.8, 4) is 0 Å². The SMILES string of the molecule is Cc1ccc(C(=O)/C=C/c2ccc(Cl)nc2)o1. The van der Waals surface area contributed by atoms with Crippen LogP contribution in [0.2, 0.25) is 5.15 Å². The average Bonchev–Trinajstić information content (AvgIpc) is 2.75. The molecule has 3 nitrogen and oxygen atoms in total. The van der Waals surface area contributed by atoms with Crippen molar-refractivity contribution in [2.45, 2.75) is 6.92 Å². The number of carbonyl (C=O) groups is 1. The van der Waals surface area contributed by atoms with Crippen molar-refractivity contribution >= 4 is 23.5 Å². The summed E-state index contributed by atoms with van der Waals surface area (Å²) in [5.41, 5.74) is 0.811. The van der Waals surface area contributed by atoms with Crippen molar-refractivity contribution in [2.75, 3.05) is 0 Å². The Kier molecular flexibility index (Phi) is 3.40. The second kappa shape index (κ2) is 4.97. The lowest BCUT2D eigenvalue weighted by atomic mass is 10.2. The molecule has 0 aliphatic rings. The monoisotopic (exact) mass is 247 g/mol. The zero-order chi connectivity index (χ0) is 12.3. The van der Waals surface area contributed by atoms with Crippen LogP contribution in [-0.2, 0) is 0 Å². The fourth-order valence-corrected chi connectivity index (χ4v) is 1.42. The molecule has 2 heterocycles. The van der Waals surface area contributed by atoms with Crippen LogP contribution in [0.3, 0.4) is 0 Å². The first-order valence-corrected chi connectivity index (χ1v) is 5.43. The topological polar surface area (TPSA) is 43.1 Å². The van der Waals surface area contributed by atoms with E-state index in [2.05, 4.69) is 4.98 Å². The largest absolute Gasteiger partial charge is 0.458 e. The quantitative estimate of drug-likeness (QED) is 0.473. The van der Waals surface area contributed by atoms with E-state index in [0.29, 0.717) is 10.9 Å². The van der Waals surface area contributed by atoms with Gasteiger partial charge in [0, 0.05) is 6.20 Å². The van der Waals surface area contributed by atoms with Gasteiger partial charge in [0.2, 0.25) is 5.78 Å². The smallest absolute Gasteiger partial charge is 0.221 e. The molecule has 2 aromatic rings.